The highest BCUT2D eigenvalue weighted by Gasteiger charge is 2.47. The van der Waals surface area contributed by atoms with Crippen molar-refractivity contribution in [3.8, 4) is 0 Å². The number of alkyl halides is 1. The topological polar surface area (TPSA) is 64.7 Å². The monoisotopic (exact) mass is 428 g/mol. The number of anilines is 2. The van der Waals surface area contributed by atoms with E-state index in [1.807, 2.05) is 67.5 Å². The maximum absolute atomic E-state index is 12.3. The molecule has 0 spiro atoms. The number of halogens is 1. The van der Waals surface area contributed by atoms with Crippen LogP contribution in [-0.4, -0.2) is 42.8 Å². The lowest BCUT2D eigenvalue weighted by Crippen LogP contribution is -2.62. The van der Waals surface area contributed by atoms with E-state index < -0.39 is 5.38 Å². The maximum Gasteiger partial charge on any atom is 0.257 e. The fourth-order valence-corrected chi connectivity index (χ4v) is 4.64. The van der Waals surface area contributed by atoms with Gasteiger partial charge in [-0.05, 0) is 29.8 Å². The summed E-state index contributed by atoms with van der Waals surface area (Å²) in [6, 6.07) is 15.4. The van der Waals surface area contributed by atoms with Gasteiger partial charge in [-0.1, -0.05) is 36.0 Å². The highest BCUT2D eigenvalue weighted by molar-refractivity contribution is 8.03. The van der Waals surface area contributed by atoms with Gasteiger partial charge in [0.05, 0.1) is 11.7 Å². The minimum Gasteiger partial charge on any atom is -0.378 e. The van der Waals surface area contributed by atoms with E-state index in [-0.39, 0.29) is 17.9 Å². The minimum absolute atomic E-state index is 0.169. The largest absolute Gasteiger partial charge is 0.378 e. The molecule has 2 atom stereocenters. The van der Waals surface area contributed by atoms with Gasteiger partial charge in [0.2, 0.25) is 5.91 Å². The number of fused-ring (bicyclic) bond motifs is 1. The maximum atomic E-state index is 12.3. The van der Waals surface area contributed by atoms with Crippen molar-refractivity contribution in [3.63, 3.8) is 0 Å². The molecule has 1 saturated heterocycles. The summed E-state index contributed by atoms with van der Waals surface area (Å²) in [6.07, 6.45) is 1.56. The quantitative estimate of drug-likeness (QED) is 0.564. The number of nitrogens with zero attached hydrogens (tertiary/aromatic N) is 2. The Morgan fingerprint density at radius 1 is 1.14 bits per heavy atom. The van der Waals surface area contributed by atoms with Gasteiger partial charge in [0, 0.05) is 42.2 Å². The molecule has 2 aliphatic heterocycles. The van der Waals surface area contributed by atoms with Gasteiger partial charge < -0.3 is 10.2 Å². The van der Waals surface area contributed by atoms with Crippen molar-refractivity contribution in [3.05, 3.63) is 65.1 Å². The van der Waals surface area contributed by atoms with Crippen molar-refractivity contribution in [1.29, 1.82) is 0 Å². The molecule has 0 aromatic heterocycles. The third-order valence-electron chi connectivity index (χ3n) is 4.88. The van der Waals surface area contributed by atoms with E-state index in [1.54, 1.807) is 11.1 Å². The summed E-state index contributed by atoms with van der Waals surface area (Å²) in [5.41, 5.74) is 5.98. The number of β-lactam (4-membered cyclic amide) rings is 1. The van der Waals surface area contributed by atoms with Crippen LogP contribution in [0.15, 0.2) is 64.4 Å². The molecule has 2 aliphatic rings. The summed E-state index contributed by atoms with van der Waals surface area (Å²) in [5, 5.41) is 3.81. The number of thioether (sulfide) groups is 1. The highest BCUT2D eigenvalue weighted by atomic mass is 35.5. The second-order valence-electron chi connectivity index (χ2n) is 7.07. The van der Waals surface area contributed by atoms with E-state index >= 15 is 0 Å². The number of amides is 2. The Labute approximate surface area is 178 Å². The zero-order chi connectivity index (χ0) is 20.5. The summed E-state index contributed by atoms with van der Waals surface area (Å²) >= 11 is 7.81. The number of benzene rings is 2. The van der Waals surface area contributed by atoms with E-state index in [9.17, 15) is 9.59 Å². The molecule has 150 valence electrons. The fourth-order valence-electron chi connectivity index (χ4n) is 3.31. The second kappa shape index (κ2) is 8.10. The van der Waals surface area contributed by atoms with Crippen LogP contribution in [0.2, 0.25) is 0 Å². The van der Waals surface area contributed by atoms with E-state index in [1.165, 1.54) is 11.8 Å². The molecule has 2 N–H and O–H groups in total. The minimum atomic E-state index is -0.604. The number of carbonyl (C=O) groups excluding carboxylic acids is 2. The first kappa shape index (κ1) is 19.8. The van der Waals surface area contributed by atoms with Crippen LogP contribution in [0.5, 0.6) is 0 Å². The summed E-state index contributed by atoms with van der Waals surface area (Å²) in [5.74, 6) is -0.349. The molecule has 0 bridgehead atoms. The molecule has 4 rings (SSSR count). The van der Waals surface area contributed by atoms with E-state index in [0.717, 1.165) is 26.7 Å². The molecule has 29 heavy (non-hydrogen) atoms. The van der Waals surface area contributed by atoms with Crippen LogP contribution in [0.4, 0.5) is 11.4 Å². The smallest absolute Gasteiger partial charge is 0.257 e. The molecule has 2 aromatic rings. The normalized spacial score (nSPS) is 20.9. The molecule has 2 aromatic carbocycles. The Bertz CT molecular complexity index is 977. The van der Waals surface area contributed by atoms with Crippen LogP contribution in [0, 0.1) is 0 Å². The Balaban J connectivity index is 1.47. The van der Waals surface area contributed by atoms with Crippen LogP contribution in [0.3, 0.4) is 0 Å². The average Bonchev–Trinajstić information content (AvgIpc) is 2.87. The lowest BCUT2D eigenvalue weighted by molar-refractivity contribution is -0.150. The number of carbonyl (C=O) groups is 2. The third-order valence-corrected chi connectivity index (χ3v) is 6.41. The van der Waals surface area contributed by atoms with Crippen LogP contribution < -0.4 is 15.6 Å². The van der Waals surface area contributed by atoms with Crippen molar-refractivity contribution < 1.29 is 9.59 Å². The molecular weight excluding hydrogens is 408 g/mol. The molecule has 2 unspecified atom stereocenters. The van der Waals surface area contributed by atoms with Crippen molar-refractivity contribution in [1.82, 2.24) is 10.4 Å². The first-order valence-electron chi connectivity index (χ1n) is 9.20. The number of hydrazine groups is 1. The molecular formula is C21H21ClN4O2S. The molecule has 0 saturated carbocycles. The summed E-state index contributed by atoms with van der Waals surface area (Å²) in [7, 11) is 3.96. The zero-order valence-electron chi connectivity index (χ0n) is 16.1. The summed E-state index contributed by atoms with van der Waals surface area (Å²) < 4.78 is 0. The predicted octanol–water partition coefficient (Wildman–Crippen LogP) is 3.38. The standard InChI is InChI=1S/C21H21ClN4O2S/c1-25(2)14-9-7-13(8-10-14)20-19(22)21(28)26(20)23-12-15-11-18(27)24-16-5-3-4-6-17(16)29-15/h3-11,19-20,23H,12H2,1-2H3,(H,24,27). The van der Waals surface area contributed by atoms with Crippen LogP contribution in [0.25, 0.3) is 0 Å². The van der Waals surface area contributed by atoms with E-state index in [0.29, 0.717) is 6.54 Å². The second-order valence-corrected chi connectivity index (χ2v) is 8.71. The molecule has 2 amide bonds. The Morgan fingerprint density at radius 2 is 1.86 bits per heavy atom. The van der Waals surface area contributed by atoms with Crippen LogP contribution in [0.1, 0.15) is 11.6 Å². The van der Waals surface area contributed by atoms with Gasteiger partial charge in [0.15, 0.2) is 0 Å². The van der Waals surface area contributed by atoms with Gasteiger partial charge in [0.25, 0.3) is 5.91 Å². The van der Waals surface area contributed by atoms with E-state index in [2.05, 4.69) is 10.7 Å². The van der Waals surface area contributed by atoms with Crippen molar-refractivity contribution in [2.24, 2.45) is 0 Å². The number of rotatable bonds is 5. The first-order chi connectivity index (χ1) is 13.9. The first-order valence-corrected chi connectivity index (χ1v) is 10.5. The van der Waals surface area contributed by atoms with Crippen LogP contribution >= 0.6 is 23.4 Å². The van der Waals surface area contributed by atoms with Gasteiger partial charge in [-0.3, -0.25) is 14.6 Å². The summed E-state index contributed by atoms with van der Waals surface area (Å²) in [4.78, 5) is 28.3. The van der Waals surface area contributed by atoms with Crippen molar-refractivity contribution in [2.75, 3.05) is 30.9 Å². The van der Waals surface area contributed by atoms with Gasteiger partial charge in [-0.2, -0.15) is 0 Å². The molecule has 8 heteroatoms. The lowest BCUT2D eigenvalue weighted by atomic mass is 9.95. The highest BCUT2D eigenvalue weighted by Crippen LogP contribution is 2.39. The Morgan fingerprint density at radius 3 is 2.59 bits per heavy atom. The van der Waals surface area contributed by atoms with Crippen LogP contribution in [-0.2, 0) is 9.59 Å². The van der Waals surface area contributed by atoms with Gasteiger partial charge in [0.1, 0.15) is 5.38 Å². The van der Waals surface area contributed by atoms with Gasteiger partial charge in [-0.15, -0.1) is 11.6 Å². The molecule has 0 aliphatic carbocycles. The third kappa shape index (κ3) is 3.99. The predicted molar refractivity (Wildman–Crippen MR) is 117 cm³/mol. The SMILES string of the molecule is CN(C)c1ccc(C2C(Cl)C(=O)N2NCC2=CC(=O)Nc3ccccc3S2)cc1. The lowest BCUT2D eigenvalue weighted by Gasteiger charge is -2.44. The van der Waals surface area contributed by atoms with Crippen molar-refractivity contribution in [2.45, 2.75) is 16.3 Å². The Hall–Kier alpha value is -2.48. The number of nitrogens with one attached hydrogen (secondary N) is 2. The molecule has 0 radical (unpaired) electrons. The molecule has 6 nitrogen and oxygen atoms in total. The summed E-state index contributed by atoms with van der Waals surface area (Å²) in [6.45, 7) is 0.355. The fraction of sp³-hybridized carbons (Fsp3) is 0.238. The van der Waals surface area contributed by atoms with Gasteiger partial charge in [-0.25, -0.2) is 5.43 Å². The van der Waals surface area contributed by atoms with Gasteiger partial charge >= 0.3 is 0 Å². The number of hydrogen-bond acceptors (Lipinski definition) is 5. The molecule has 1 fully saturated rings. The number of hydrogen-bond donors (Lipinski definition) is 2. The van der Waals surface area contributed by atoms with Crippen molar-refractivity contribution >= 4 is 46.6 Å². The Kier molecular flexibility index (Phi) is 5.54. The average molecular weight is 429 g/mol. The number of para-hydroxylation sites is 1. The molecule has 2 heterocycles. The van der Waals surface area contributed by atoms with E-state index in [4.69, 9.17) is 11.6 Å². The zero-order valence-corrected chi connectivity index (χ0v) is 17.6.